The van der Waals surface area contributed by atoms with E-state index in [1.807, 2.05) is 30.3 Å². The molecule has 0 saturated heterocycles. The molecule has 0 unspecified atom stereocenters. The molecular formula is C13H16O3S2. The van der Waals surface area contributed by atoms with Crippen LogP contribution in [0.3, 0.4) is 0 Å². The molecule has 0 aromatic heterocycles. The standard InChI is InChI=1S/C13H16O3S2/c1-4-16-11(14)13(2,3)18-12(15)17-10-8-6-5-7-9-10/h5-9H,4H2,1-3H3. The molecule has 0 amide bonds. The maximum absolute atomic E-state index is 11.9. The molecule has 0 N–H and O–H groups in total. The summed E-state index contributed by atoms with van der Waals surface area (Å²) in [7, 11) is 0. The van der Waals surface area contributed by atoms with Gasteiger partial charge < -0.3 is 4.74 Å². The molecule has 98 valence electrons. The Balaban J connectivity index is 2.56. The monoisotopic (exact) mass is 284 g/mol. The first kappa shape index (κ1) is 15.1. The minimum absolute atomic E-state index is 0.112. The van der Waals surface area contributed by atoms with Gasteiger partial charge >= 0.3 is 5.97 Å². The Labute approximate surface area is 116 Å². The summed E-state index contributed by atoms with van der Waals surface area (Å²) in [6.07, 6.45) is 0. The number of rotatable bonds is 4. The summed E-state index contributed by atoms with van der Waals surface area (Å²) in [6, 6.07) is 9.36. The van der Waals surface area contributed by atoms with Gasteiger partial charge in [-0.05, 0) is 44.7 Å². The molecule has 0 heterocycles. The minimum atomic E-state index is -0.852. The highest BCUT2D eigenvalue weighted by atomic mass is 32.2. The number of hydrogen-bond donors (Lipinski definition) is 0. The number of esters is 1. The lowest BCUT2D eigenvalue weighted by molar-refractivity contribution is -0.145. The van der Waals surface area contributed by atoms with Crippen molar-refractivity contribution >= 4 is 33.9 Å². The molecule has 18 heavy (non-hydrogen) atoms. The van der Waals surface area contributed by atoms with Crippen LogP contribution in [0.5, 0.6) is 0 Å². The summed E-state index contributed by atoms with van der Waals surface area (Å²) in [6.45, 7) is 5.46. The SMILES string of the molecule is CCOC(=O)C(C)(C)SC(=O)Sc1ccccc1. The fourth-order valence-electron chi connectivity index (χ4n) is 1.16. The van der Waals surface area contributed by atoms with Crippen molar-refractivity contribution in [1.82, 2.24) is 0 Å². The third-order valence-corrected chi connectivity index (χ3v) is 4.07. The van der Waals surface area contributed by atoms with E-state index in [0.29, 0.717) is 6.61 Å². The topological polar surface area (TPSA) is 43.4 Å². The Morgan fingerprint density at radius 3 is 2.39 bits per heavy atom. The number of ether oxygens (including phenoxy) is 1. The summed E-state index contributed by atoms with van der Waals surface area (Å²) >= 11 is 2.12. The van der Waals surface area contributed by atoms with Crippen LogP contribution in [0.2, 0.25) is 0 Å². The predicted octanol–water partition coefficient (Wildman–Crippen LogP) is 3.97. The number of benzene rings is 1. The maximum Gasteiger partial charge on any atom is 0.322 e. The smallest absolute Gasteiger partial charge is 0.322 e. The van der Waals surface area contributed by atoms with Gasteiger partial charge in [0.2, 0.25) is 0 Å². The fourth-order valence-corrected chi connectivity index (χ4v) is 3.29. The predicted molar refractivity (Wildman–Crippen MR) is 76.0 cm³/mol. The van der Waals surface area contributed by atoms with Gasteiger partial charge in [0.05, 0.1) is 6.61 Å². The molecule has 1 rings (SSSR count). The second-order valence-electron chi connectivity index (χ2n) is 4.00. The average molecular weight is 284 g/mol. The van der Waals surface area contributed by atoms with Crippen LogP contribution >= 0.6 is 23.5 Å². The zero-order chi connectivity index (χ0) is 13.6. The first-order valence-electron chi connectivity index (χ1n) is 5.59. The van der Waals surface area contributed by atoms with Gasteiger partial charge in [0.15, 0.2) is 0 Å². The average Bonchev–Trinajstić information content (AvgIpc) is 2.29. The van der Waals surface area contributed by atoms with Gasteiger partial charge in [-0.25, -0.2) is 0 Å². The van der Waals surface area contributed by atoms with Crippen molar-refractivity contribution in [2.75, 3.05) is 6.61 Å². The number of carbonyl (C=O) groups is 2. The van der Waals surface area contributed by atoms with Gasteiger partial charge in [0, 0.05) is 4.90 Å². The largest absolute Gasteiger partial charge is 0.465 e. The van der Waals surface area contributed by atoms with Gasteiger partial charge in [-0.1, -0.05) is 30.0 Å². The molecule has 0 atom stereocenters. The first-order valence-corrected chi connectivity index (χ1v) is 7.22. The van der Waals surface area contributed by atoms with E-state index in [4.69, 9.17) is 4.74 Å². The Hall–Kier alpha value is -0.940. The van der Waals surface area contributed by atoms with Crippen molar-refractivity contribution in [3.05, 3.63) is 30.3 Å². The number of carbonyl (C=O) groups excluding carboxylic acids is 2. The van der Waals surface area contributed by atoms with Gasteiger partial charge in [-0.2, -0.15) is 0 Å². The van der Waals surface area contributed by atoms with E-state index in [9.17, 15) is 9.59 Å². The molecule has 0 spiro atoms. The summed E-state index contributed by atoms with van der Waals surface area (Å²) in [5, 5.41) is 0. The summed E-state index contributed by atoms with van der Waals surface area (Å²) in [5.74, 6) is -0.364. The highest BCUT2D eigenvalue weighted by molar-refractivity contribution is 8.39. The molecule has 3 nitrogen and oxygen atoms in total. The Morgan fingerprint density at radius 1 is 1.22 bits per heavy atom. The van der Waals surface area contributed by atoms with Crippen LogP contribution in [0.1, 0.15) is 20.8 Å². The molecule has 0 bridgehead atoms. The summed E-state index contributed by atoms with van der Waals surface area (Å²) in [4.78, 5) is 24.4. The van der Waals surface area contributed by atoms with Gasteiger partial charge in [-0.3, -0.25) is 9.59 Å². The van der Waals surface area contributed by atoms with Crippen molar-refractivity contribution < 1.29 is 14.3 Å². The van der Waals surface area contributed by atoms with Gasteiger partial charge in [0.25, 0.3) is 4.45 Å². The normalized spacial score (nSPS) is 11.1. The van der Waals surface area contributed by atoms with E-state index >= 15 is 0 Å². The number of thioether (sulfide) groups is 2. The van der Waals surface area contributed by atoms with E-state index in [2.05, 4.69) is 0 Å². The second-order valence-corrected chi connectivity index (χ2v) is 6.90. The molecule has 0 aliphatic rings. The Morgan fingerprint density at radius 2 is 1.83 bits per heavy atom. The van der Waals surface area contributed by atoms with Crippen molar-refractivity contribution in [3.8, 4) is 0 Å². The lowest BCUT2D eigenvalue weighted by Gasteiger charge is -2.20. The molecule has 0 aliphatic heterocycles. The second kappa shape index (κ2) is 6.85. The van der Waals surface area contributed by atoms with Crippen LogP contribution < -0.4 is 0 Å². The van der Waals surface area contributed by atoms with Crippen LogP contribution in [0, 0.1) is 0 Å². The molecule has 1 aromatic rings. The van der Waals surface area contributed by atoms with Crippen LogP contribution in [0.25, 0.3) is 0 Å². The van der Waals surface area contributed by atoms with Crippen LogP contribution in [0.4, 0.5) is 4.79 Å². The maximum atomic E-state index is 11.9. The Kier molecular flexibility index (Phi) is 5.75. The minimum Gasteiger partial charge on any atom is -0.465 e. The molecule has 0 radical (unpaired) electrons. The third-order valence-electron chi connectivity index (χ3n) is 2.05. The molecular weight excluding hydrogens is 268 g/mol. The summed E-state index contributed by atoms with van der Waals surface area (Å²) in [5.41, 5.74) is 0. The van der Waals surface area contributed by atoms with Crippen molar-refractivity contribution in [3.63, 3.8) is 0 Å². The lowest BCUT2D eigenvalue weighted by Crippen LogP contribution is -2.30. The van der Waals surface area contributed by atoms with E-state index in [1.54, 1.807) is 20.8 Å². The third kappa shape index (κ3) is 4.74. The van der Waals surface area contributed by atoms with E-state index in [1.165, 1.54) is 0 Å². The van der Waals surface area contributed by atoms with Gasteiger partial charge in [-0.15, -0.1) is 0 Å². The molecule has 5 heteroatoms. The highest BCUT2D eigenvalue weighted by Gasteiger charge is 2.33. The van der Waals surface area contributed by atoms with E-state index in [0.717, 1.165) is 28.4 Å². The van der Waals surface area contributed by atoms with Crippen molar-refractivity contribution in [2.45, 2.75) is 30.4 Å². The van der Waals surface area contributed by atoms with E-state index < -0.39 is 4.75 Å². The molecule has 0 saturated carbocycles. The van der Waals surface area contributed by atoms with Crippen molar-refractivity contribution in [1.29, 1.82) is 0 Å². The van der Waals surface area contributed by atoms with Gasteiger partial charge in [0.1, 0.15) is 4.75 Å². The molecule has 0 fully saturated rings. The van der Waals surface area contributed by atoms with Crippen LogP contribution in [0.15, 0.2) is 35.2 Å². The highest BCUT2D eigenvalue weighted by Crippen LogP contribution is 2.34. The Bertz CT molecular complexity index is 416. The first-order chi connectivity index (χ1) is 8.45. The quantitative estimate of drug-likeness (QED) is 0.618. The van der Waals surface area contributed by atoms with Crippen molar-refractivity contribution in [2.24, 2.45) is 0 Å². The summed E-state index contributed by atoms with van der Waals surface area (Å²) < 4.78 is 3.97. The number of hydrogen-bond acceptors (Lipinski definition) is 5. The lowest BCUT2D eigenvalue weighted by atomic mass is 10.2. The van der Waals surface area contributed by atoms with E-state index in [-0.39, 0.29) is 10.4 Å². The fraction of sp³-hybridized carbons (Fsp3) is 0.385. The molecule has 0 aliphatic carbocycles. The zero-order valence-corrected chi connectivity index (χ0v) is 12.3. The van der Waals surface area contributed by atoms with Crippen LogP contribution in [-0.4, -0.2) is 21.8 Å². The zero-order valence-electron chi connectivity index (χ0n) is 10.6. The molecule has 1 aromatic carbocycles. The van der Waals surface area contributed by atoms with Crippen LogP contribution in [-0.2, 0) is 9.53 Å².